The number of amidine groups is 1. The van der Waals surface area contributed by atoms with Gasteiger partial charge in [-0.3, -0.25) is 4.79 Å². The predicted molar refractivity (Wildman–Crippen MR) is 84.0 cm³/mol. The van der Waals surface area contributed by atoms with E-state index >= 15 is 0 Å². The highest BCUT2D eigenvalue weighted by molar-refractivity contribution is 8.18. The molecular weight excluding hydrogens is 272 g/mol. The second-order valence-electron chi connectivity index (χ2n) is 4.50. The van der Waals surface area contributed by atoms with Crippen molar-refractivity contribution in [3.05, 3.63) is 34.7 Å². The van der Waals surface area contributed by atoms with Crippen LogP contribution in [0, 0.1) is 0 Å². The van der Waals surface area contributed by atoms with E-state index in [2.05, 4.69) is 11.9 Å². The van der Waals surface area contributed by atoms with Gasteiger partial charge in [0.2, 0.25) is 0 Å². The van der Waals surface area contributed by atoms with E-state index in [4.69, 9.17) is 10.5 Å². The van der Waals surface area contributed by atoms with Gasteiger partial charge in [-0.05, 0) is 42.0 Å². The van der Waals surface area contributed by atoms with Crippen LogP contribution in [0.4, 0.5) is 4.79 Å². The molecule has 1 aromatic carbocycles. The molecule has 0 saturated heterocycles. The van der Waals surface area contributed by atoms with Crippen molar-refractivity contribution in [3.8, 4) is 5.75 Å². The zero-order chi connectivity index (χ0) is 14.4. The number of carbonyl (C=O) groups is 1. The molecule has 2 rings (SSSR count). The standard InChI is InChI=1S/C15H18N2O2S/c1-2-3-4-9-19-12-7-5-11(6-8-12)10-13-14(16)17-15(18)20-13/h5-8,10H,2-4,9H2,1H3,(H2,16,17,18). The summed E-state index contributed by atoms with van der Waals surface area (Å²) in [6, 6.07) is 7.73. The molecule has 0 saturated carbocycles. The zero-order valence-electron chi connectivity index (χ0n) is 11.5. The molecule has 0 aliphatic carbocycles. The van der Waals surface area contributed by atoms with Crippen LogP contribution in [0.1, 0.15) is 31.7 Å². The molecule has 4 nitrogen and oxygen atoms in total. The van der Waals surface area contributed by atoms with E-state index in [0.717, 1.165) is 36.1 Å². The van der Waals surface area contributed by atoms with Crippen LogP contribution in [0.3, 0.4) is 0 Å². The van der Waals surface area contributed by atoms with Gasteiger partial charge < -0.3 is 10.5 Å². The van der Waals surface area contributed by atoms with E-state index in [0.29, 0.717) is 10.7 Å². The van der Waals surface area contributed by atoms with Crippen molar-refractivity contribution >= 4 is 28.9 Å². The molecule has 0 bridgehead atoms. The summed E-state index contributed by atoms with van der Waals surface area (Å²) in [6.45, 7) is 2.92. The Labute approximate surface area is 123 Å². The summed E-state index contributed by atoms with van der Waals surface area (Å²) in [7, 11) is 0. The average molecular weight is 290 g/mol. The van der Waals surface area contributed by atoms with Gasteiger partial charge in [0.15, 0.2) is 0 Å². The normalized spacial score (nSPS) is 16.6. The molecular formula is C15H18N2O2S. The van der Waals surface area contributed by atoms with Crippen LogP contribution in [0.5, 0.6) is 5.75 Å². The van der Waals surface area contributed by atoms with Gasteiger partial charge in [-0.25, -0.2) is 0 Å². The zero-order valence-corrected chi connectivity index (χ0v) is 12.3. The Balaban J connectivity index is 1.93. The van der Waals surface area contributed by atoms with Crippen LogP contribution in [-0.4, -0.2) is 17.7 Å². The predicted octanol–water partition coefficient (Wildman–Crippen LogP) is 3.82. The van der Waals surface area contributed by atoms with E-state index in [9.17, 15) is 4.79 Å². The molecule has 5 heteroatoms. The second-order valence-corrected chi connectivity index (χ2v) is 5.49. The SMILES string of the molecule is CCCCCOc1ccc(C=C2SC(=O)N=C2N)cc1. The summed E-state index contributed by atoms with van der Waals surface area (Å²) in [4.78, 5) is 15.5. The lowest BCUT2D eigenvalue weighted by atomic mass is 10.2. The van der Waals surface area contributed by atoms with Crippen LogP contribution >= 0.6 is 11.8 Å². The number of rotatable bonds is 6. The number of amides is 1. The third-order valence-electron chi connectivity index (χ3n) is 2.86. The molecule has 1 amide bonds. The first-order chi connectivity index (χ1) is 9.69. The number of unbranched alkanes of at least 4 members (excludes halogenated alkanes) is 2. The first kappa shape index (κ1) is 14.7. The second kappa shape index (κ2) is 7.14. The van der Waals surface area contributed by atoms with Crippen molar-refractivity contribution in [1.82, 2.24) is 0 Å². The van der Waals surface area contributed by atoms with Crippen LogP contribution in [0.15, 0.2) is 34.2 Å². The molecule has 0 atom stereocenters. The number of hydrogen-bond acceptors (Lipinski definition) is 4. The Morgan fingerprint density at radius 3 is 2.65 bits per heavy atom. The minimum Gasteiger partial charge on any atom is -0.494 e. The molecule has 1 aromatic rings. The number of carbonyl (C=O) groups excluding carboxylic acids is 1. The number of ether oxygens (including phenoxy) is 1. The van der Waals surface area contributed by atoms with Gasteiger partial charge in [0.25, 0.3) is 0 Å². The maximum absolute atomic E-state index is 11.1. The molecule has 0 fully saturated rings. The Kier molecular flexibility index (Phi) is 5.24. The monoisotopic (exact) mass is 290 g/mol. The Morgan fingerprint density at radius 1 is 1.30 bits per heavy atom. The minimum atomic E-state index is -0.260. The number of hydrogen-bond donors (Lipinski definition) is 1. The van der Waals surface area contributed by atoms with Crippen LogP contribution in [-0.2, 0) is 0 Å². The minimum absolute atomic E-state index is 0.260. The molecule has 0 spiro atoms. The topological polar surface area (TPSA) is 64.7 Å². The maximum atomic E-state index is 11.1. The van der Waals surface area contributed by atoms with Crippen molar-refractivity contribution in [3.63, 3.8) is 0 Å². The maximum Gasteiger partial charge on any atom is 0.311 e. The van der Waals surface area contributed by atoms with Crippen molar-refractivity contribution in [1.29, 1.82) is 0 Å². The van der Waals surface area contributed by atoms with E-state index in [1.807, 2.05) is 30.3 Å². The summed E-state index contributed by atoms with van der Waals surface area (Å²) in [5.41, 5.74) is 6.63. The first-order valence-corrected chi connectivity index (χ1v) is 7.51. The van der Waals surface area contributed by atoms with Crippen molar-refractivity contribution in [2.75, 3.05) is 6.61 Å². The van der Waals surface area contributed by atoms with Crippen LogP contribution in [0.25, 0.3) is 6.08 Å². The van der Waals surface area contributed by atoms with Gasteiger partial charge in [-0.15, -0.1) is 0 Å². The van der Waals surface area contributed by atoms with Gasteiger partial charge in [0.1, 0.15) is 11.6 Å². The van der Waals surface area contributed by atoms with Crippen LogP contribution in [0.2, 0.25) is 0 Å². The van der Waals surface area contributed by atoms with E-state index in [1.54, 1.807) is 0 Å². The van der Waals surface area contributed by atoms with E-state index in [-0.39, 0.29) is 5.24 Å². The van der Waals surface area contributed by atoms with Gasteiger partial charge in [0.05, 0.1) is 11.5 Å². The van der Waals surface area contributed by atoms with E-state index < -0.39 is 0 Å². The molecule has 0 aromatic heterocycles. The fraction of sp³-hybridized carbons (Fsp3) is 0.333. The lowest BCUT2D eigenvalue weighted by Crippen LogP contribution is -2.08. The molecule has 1 aliphatic rings. The number of nitrogens with zero attached hydrogens (tertiary/aromatic N) is 1. The summed E-state index contributed by atoms with van der Waals surface area (Å²) in [5, 5.41) is -0.260. The summed E-state index contributed by atoms with van der Waals surface area (Å²) in [6.07, 6.45) is 5.31. The highest BCUT2D eigenvalue weighted by Crippen LogP contribution is 2.27. The highest BCUT2D eigenvalue weighted by atomic mass is 32.2. The summed E-state index contributed by atoms with van der Waals surface area (Å²) >= 11 is 1.05. The fourth-order valence-electron chi connectivity index (χ4n) is 1.78. The third kappa shape index (κ3) is 4.13. The first-order valence-electron chi connectivity index (χ1n) is 6.70. The van der Waals surface area contributed by atoms with Crippen molar-refractivity contribution in [2.45, 2.75) is 26.2 Å². The Morgan fingerprint density at radius 2 is 2.05 bits per heavy atom. The lowest BCUT2D eigenvalue weighted by Gasteiger charge is -2.06. The molecule has 0 unspecified atom stereocenters. The summed E-state index contributed by atoms with van der Waals surface area (Å²) in [5.74, 6) is 1.15. The molecule has 106 valence electrons. The third-order valence-corrected chi connectivity index (χ3v) is 3.67. The molecule has 20 heavy (non-hydrogen) atoms. The van der Waals surface area contributed by atoms with Crippen molar-refractivity contribution in [2.24, 2.45) is 10.7 Å². The number of nitrogens with two attached hydrogens (primary N) is 1. The quantitative estimate of drug-likeness (QED) is 0.809. The van der Waals surface area contributed by atoms with Gasteiger partial charge in [0, 0.05) is 0 Å². The number of aliphatic imine (C=N–C) groups is 1. The fourth-order valence-corrected chi connectivity index (χ4v) is 2.46. The molecule has 2 N–H and O–H groups in total. The Bertz CT molecular complexity index is 535. The molecule has 1 aliphatic heterocycles. The smallest absolute Gasteiger partial charge is 0.311 e. The van der Waals surface area contributed by atoms with E-state index in [1.165, 1.54) is 12.8 Å². The van der Waals surface area contributed by atoms with Crippen molar-refractivity contribution < 1.29 is 9.53 Å². The van der Waals surface area contributed by atoms with Gasteiger partial charge >= 0.3 is 5.24 Å². The van der Waals surface area contributed by atoms with Gasteiger partial charge in [-0.2, -0.15) is 4.99 Å². The summed E-state index contributed by atoms with van der Waals surface area (Å²) < 4.78 is 5.64. The number of thioether (sulfide) groups is 1. The van der Waals surface area contributed by atoms with Crippen LogP contribution < -0.4 is 10.5 Å². The number of benzene rings is 1. The largest absolute Gasteiger partial charge is 0.494 e. The Hall–Kier alpha value is -1.75. The molecule has 0 radical (unpaired) electrons. The average Bonchev–Trinajstić information content (AvgIpc) is 2.75. The highest BCUT2D eigenvalue weighted by Gasteiger charge is 2.18. The lowest BCUT2D eigenvalue weighted by molar-refractivity contribution is 0.268. The molecule has 1 heterocycles. The van der Waals surface area contributed by atoms with Gasteiger partial charge in [-0.1, -0.05) is 31.9 Å².